The van der Waals surface area contributed by atoms with Gasteiger partial charge in [-0.25, -0.2) is 8.42 Å². The van der Waals surface area contributed by atoms with E-state index in [1.807, 2.05) is 0 Å². The largest absolute Gasteiger partial charge is 0.364 e. The summed E-state index contributed by atoms with van der Waals surface area (Å²) < 4.78 is 31.3. The number of piperazine rings is 1. The molecule has 11 heteroatoms. The number of halogens is 1. The summed E-state index contributed by atoms with van der Waals surface area (Å²) in [7, 11) is -1.64. The maximum absolute atomic E-state index is 12.5. The second kappa shape index (κ2) is 10.6. The number of nitrogens with one attached hydrogen (secondary N) is 1. The van der Waals surface area contributed by atoms with Gasteiger partial charge >= 0.3 is 0 Å². The molecule has 0 atom stereocenters. The van der Waals surface area contributed by atoms with Gasteiger partial charge in [-0.05, 0) is 18.6 Å². The van der Waals surface area contributed by atoms with Gasteiger partial charge in [0.05, 0.1) is 12.2 Å². The molecule has 0 bridgehead atoms. The molecule has 0 radical (unpaired) electrons. The highest BCUT2D eigenvalue weighted by atomic mass is 127. The molecule has 3 rings (SSSR count). The molecule has 3 heterocycles. The number of aromatic nitrogens is 1. The van der Waals surface area contributed by atoms with Crippen LogP contribution < -0.4 is 5.32 Å². The Balaban J connectivity index is 0.00000280. The molecule has 0 amide bonds. The van der Waals surface area contributed by atoms with Crippen LogP contribution in [0.2, 0.25) is 0 Å². The van der Waals surface area contributed by atoms with Crippen LogP contribution in [0.3, 0.4) is 0 Å². The third-order valence-electron chi connectivity index (χ3n) is 4.45. The lowest BCUT2D eigenvalue weighted by Crippen LogP contribution is -2.53. The zero-order valence-corrected chi connectivity index (χ0v) is 20.0. The fourth-order valence-corrected chi connectivity index (χ4v) is 5.30. The SMILES string of the molecule is CCc1ccc(CNC(=NC)N2CCN(S(=O)(=O)Cc3ccon3)CC2)s1.I. The number of aryl methyl sites for hydroxylation is 1. The molecule has 8 nitrogen and oxygen atoms in total. The number of aliphatic imine (C=N–C) groups is 1. The van der Waals surface area contributed by atoms with Gasteiger partial charge < -0.3 is 14.7 Å². The molecule has 0 unspecified atom stereocenters. The molecule has 1 aliphatic heterocycles. The molecular weight excluding hydrogens is 513 g/mol. The van der Waals surface area contributed by atoms with Crippen molar-refractivity contribution in [3.8, 4) is 0 Å². The number of thiophene rings is 1. The van der Waals surface area contributed by atoms with E-state index in [9.17, 15) is 8.42 Å². The van der Waals surface area contributed by atoms with Crippen LogP contribution in [0.15, 0.2) is 34.0 Å². The van der Waals surface area contributed by atoms with Gasteiger partial charge in [-0.15, -0.1) is 35.3 Å². The van der Waals surface area contributed by atoms with Gasteiger partial charge in [-0.1, -0.05) is 12.1 Å². The van der Waals surface area contributed by atoms with E-state index in [1.54, 1.807) is 24.5 Å². The molecule has 1 aliphatic rings. The summed E-state index contributed by atoms with van der Waals surface area (Å²) in [6, 6.07) is 5.87. The standard InChI is InChI=1S/C17H25N5O3S2.HI/c1-3-15-4-5-16(26-15)12-19-17(18-2)21-7-9-22(10-8-21)27(23,24)13-14-6-11-25-20-14;/h4-6,11H,3,7-10,12-13H2,1-2H3,(H,18,19);1H. The Bertz CT molecular complexity index is 859. The maximum atomic E-state index is 12.5. The van der Waals surface area contributed by atoms with E-state index in [2.05, 4.69) is 39.4 Å². The average Bonchev–Trinajstić information content (AvgIpc) is 3.34. The summed E-state index contributed by atoms with van der Waals surface area (Å²) in [6.45, 7) is 4.94. The summed E-state index contributed by atoms with van der Waals surface area (Å²) >= 11 is 1.80. The van der Waals surface area contributed by atoms with Gasteiger partial charge in [0.2, 0.25) is 10.0 Å². The number of guanidine groups is 1. The predicted octanol–water partition coefficient (Wildman–Crippen LogP) is 2.14. The van der Waals surface area contributed by atoms with E-state index < -0.39 is 10.0 Å². The van der Waals surface area contributed by atoms with E-state index >= 15 is 0 Å². The third-order valence-corrected chi connectivity index (χ3v) is 7.49. The van der Waals surface area contributed by atoms with Gasteiger partial charge in [0.1, 0.15) is 12.0 Å². The molecule has 1 saturated heterocycles. The summed E-state index contributed by atoms with van der Waals surface area (Å²) in [5, 5.41) is 7.07. The molecule has 2 aromatic heterocycles. The Morgan fingerprint density at radius 3 is 2.54 bits per heavy atom. The zero-order chi connectivity index (χ0) is 19.3. The lowest BCUT2D eigenvalue weighted by atomic mass is 10.3. The van der Waals surface area contributed by atoms with E-state index in [4.69, 9.17) is 4.52 Å². The molecule has 0 aromatic carbocycles. The monoisotopic (exact) mass is 539 g/mol. The quantitative estimate of drug-likeness (QED) is 0.344. The first-order valence-electron chi connectivity index (χ1n) is 8.92. The number of sulfonamides is 1. The van der Waals surface area contributed by atoms with Gasteiger partial charge in [0.15, 0.2) is 5.96 Å². The van der Waals surface area contributed by atoms with Gasteiger partial charge in [-0.3, -0.25) is 4.99 Å². The first-order valence-corrected chi connectivity index (χ1v) is 11.3. The molecule has 0 spiro atoms. The van der Waals surface area contributed by atoms with E-state index in [1.165, 1.54) is 20.3 Å². The molecule has 0 aliphatic carbocycles. The van der Waals surface area contributed by atoms with E-state index in [-0.39, 0.29) is 29.7 Å². The van der Waals surface area contributed by atoms with Crippen molar-refractivity contribution < 1.29 is 12.9 Å². The number of hydrogen-bond acceptors (Lipinski definition) is 6. The highest BCUT2D eigenvalue weighted by Crippen LogP contribution is 2.17. The van der Waals surface area contributed by atoms with Crippen LogP contribution >= 0.6 is 35.3 Å². The van der Waals surface area contributed by atoms with Crippen LogP contribution in [-0.4, -0.2) is 62.0 Å². The second-order valence-corrected chi connectivity index (χ2v) is 9.48. The summed E-state index contributed by atoms with van der Waals surface area (Å²) in [5.41, 5.74) is 0.428. The Labute approximate surface area is 187 Å². The molecule has 28 heavy (non-hydrogen) atoms. The van der Waals surface area contributed by atoms with Crippen molar-refractivity contribution >= 4 is 51.3 Å². The predicted molar refractivity (Wildman–Crippen MR) is 122 cm³/mol. The van der Waals surface area contributed by atoms with Crippen LogP contribution in [0.4, 0.5) is 0 Å². The highest BCUT2D eigenvalue weighted by molar-refractivity contribution is 14.0. The van der Waals surface area contributed by atoms with E-state index in [0.717, 1.165) is 18.9 Å². The zero-order valence-electron chi connectivity index (χ0n) is 16.0. The Morgan fingerprint density at radius 2 is 1.96 bits per heavy atom. The van der Waals surface area contributed by atoms with Crippen molar-refractivity contribution in [2.24, 2.45) is 4.99 Å². The van der Waals surface area contributed by atoms with Crippen LogP contribution in [-0.2, 0) is 28.7 Å². The van der Waals surface area contributed by atoms with Crippen molar-refractivity contribution in [3.05, 3.63) is 39.9 Å². The summed E-state index contributed by atoms with van der Waals surface area (Å²) in [4.78, 5) is 9.08. The van der Waals surface area contributed by atoms with Crippen molar-refractivity contribution in [1.29, 1.82) is 0 Å². The maximum Gasteiger partial charge on any atom is 0.220 e. The molecule has 1 fully saturated rings. The minimum atomic E-state index is -3.39. The normalized spacial score (nSPS) is 16.1. The van der Waals surface area contributed by atoms with Gasteiger partial charge in [-0.2, -0.15) is 4.31 Å². The molecule has 2 aromatic rings. The lowest BCUT2D eigenvalue weighted by Gasteiger charge is -2.35. The minimum absolute atomic E-state index is 0. The second-order valence-electron chi connectivity index (χ2n) is 6.26. The van der Waals surface area contributed by atoms with Gasteiger partial charge in [0, 0.05) is 49.0 Å². The van der Waals surface area contributed by atoms with E-state index in [0.29, 0.717) is 31.9 Å². The lowest BCUT2D eigenvalue weighted by molar-refractivity contribution is 0.260. The van der Waals surface area contributed by atoms with Crippen molar-refractivity contribution in [2.45, 2.75) is 25.6 Å². The molecule has 156 valence electrons. The first kappa shape index (κ1) is 23.1. The first-order chi connectivity index (χ1) is 13.0. The Morgan fingerprint density at radius 1 is 1.25 bits per heavy atom. The fourth-order valence-electron chi connectivity index (χ4n) is 2.97. The molecule has 1 N–H and O–H groups in total. The summed E-state index contributed by atoms with van der Waals surface area (Å²) in [5.74, 6) is 0.671. The fraction of sp³-hybridized carbons (Fsp3) is 0.529. The smallest absolute Gasteiger partial charge is 0.220 e. The number of hydrogen-bond donors (Lipinski definition) is 1. The third kappa shape index (κ3) is 5.91. The Hall–Kier alpha value is -1.18. The highest BCUT2D eigenvalue weighted by Gasteiger charge is 2.28. The van der Waals surface area contributed by atoms with Crippen LogP contribution in [0.5, 0.6) is 0 Å². The number of nitrogens with zero attached hydrogens (tertiary/aromatic N) is 4. The topological polar surface area (TPSA) is 91.0 Å². The van der Waals surface area contributed by atoms with Crippen molar-refractivity contribution in [2.75, 3.05) is 33.2 Å². The number of rotatable bonds is 6. The van der Waals surface area contributed by atoms with Gasteiger partial charge in [0.25, 0.3) is 0 Å². The van der Waals surface area contributed by atoms with Crippen LogP contribution in [0.25, 0.3) is 0 Å². The molecule has 0 saturated carbocycles. The molecular formula is C17H26IN5O3S2. The Kier molecular flexibility index (Phi) is 8.71. The summed E-state index contributed by atoms with van der Waals surface area (Å²) in [6.07, 6.45) is 2.43. The average molecular weight is 539 g/mol. The van der Waals surface area contributed by atoms with Crippen molar-refractivity contribution in [3.63, 3.8) is 0 Å². The van der Waals surface area contributed by atoms with Crippen LogP contribution in [0, 0.1) is 0 Å². The van der Waals surface area contributed by atoms with Crippen LogP contribution in [0.1, 0.15) is 22.4 Å². The van der Waals surface area contributed by atoms with Crippen molar-refractivity contribution in [1.82, 2.24) is 19.7 Å². The minimum Gasteiger partial charge on any atom is -0.364 e.